The van der Waals surface area contributed by atoms with E-state index in [-0.39, 0.29) is 0 Å². The van der Waals surface area contributed by atoms with Crippen molar-refractivity contribution in [3.05, 3.63) is 17.5 Å². The van der Waals surface area contributed by atoms with E-state index in [4.69, 9.17) is 19.8 Å². The lowest BCUT2D eigenvalue weighted by Crippen LogP contribution is -2.41. The number of primary amides is 1. The van der Waals surface area contributed by atoms with Crippen molar-refractivity contribution in [1.82, 2.24) is 4.98 Å². The quantitative estimate of drug-likeness (QED) is 0.834. The molecule has 0 aromatic carbocycles. The number of rotatable bonds is 2. The minimum absolute atomic E-state index is 0.317. The molecule has 7 heteroatoms. The van der Waals surface area contributed by atoms with Gasteiger partial charge in [0.1, 0.15) is 0 Å². The molecule has 114 valence electrons. The van der Waals surface area contributed by atoms with Crippen LogP contribution in [-0.2, 0) is 9.31 Å². The van der Waals surface area contributed by atoms with Crippen LogP contribution in [0.25, 0.3) is 0 Å². The smallest absolute Gasteiger partial charge is 0.409 e. The van der Waals surface area contributed by atoms with Gasteiger partial charge in [0.15, 0.2) is 5.75 Å². The van der Waals surface area contributed by atoms with Crippen molar-refractivity contribution < 1.29 is 18.8 Å². The van der Waals surface area contributed by atoms with E-state index in [0.29, 0.717) is 5.75 Å². The highest BCUT2D eigenvalue weighted by Gasteiger charge is 2.52. The molecule has 1 aliphatic rings. The van der Waals surface area contributed by atoms with Crippen molar-refractivity contribution in [3.63, 3.8) is 0 Å². The Kier molecular flexibility index (Phi) is 3.76. The van der Waals surface area contributed by atoms with Crippen molar-refractivity contribution in [2.75, 3.05) is 0 Å². The molecule has 0 spiro atoms. The van der Waals surface area contributed by atoms with E-state index >= 15 is 0 Å². The van der Waals surface area contributed by atoms with Crippen molar-refractivity contribution >= 4 is 18.7 Å². The summed E-state index contributed by atoms with van der Waals surface area (Å²) in [5.41, 5.74) is 6.45. The summed E-state index contributed by atoms with van der Waals surface area (Å²) in [6.45, 7) is 11.6. The van der Waals surface area contributed by atoms with Crippen LogP contribution in [-0.4, -0.2) is 29.4 Å². The average molecular weight is 292 g/mol. The third-order valence-electron chi connectivity index (χ3n) is 4.24. The molecule has 0 atom stereocenters. The second-order valence-corrected chi connectivity index (χ2v) is 6.26. The number of nitrogens with zero attached hydrogens (tertiary/aromatic N) is 1. The van der Waals surface area contributed by atoms with Gasteiger partial charge in [-0.1, -0.05) is 0 Å². The van der Waals surface area contributed by atoms with Gasteiger partial charge >= 0.3 is 13.2 Å². The number of nitrogens with two attached hydrogens (primary N) is 1. The lowest BCUT2D eigenvalue weighted by atomic mass is 9.75. The summed E-state index contributed by atoms with van der Waals surface area (Å²) in [5, 5.41) is 0. The van der Waals surface area contributed by atoms with Crippen LogP contribution in [0.4, 0.5) is 4.79 Å². The van der Waals surface area contributed by atoms with Gasteiger partial charge in [-0.05, 0) is 47.1 Å². The van der Waals surface area contributed by atoms with Crippen LogP contribution in [0, 0.1) is 13.8 Å². The summed E-state index contributed by atoms with van der Waals surface area (Å²) in [5.74, 6) is 0.317. The number of aromatic nitrogens is 1. The zero-order chi connectivity index (χ0) is 16.0. The maximum Gasteiger partial charge on any atom is 0.497 e. The molecular formula is C14H21BN2O4. The van der Waals surface area contributed by atoms with Crippen LogP contribution in [0.1, 0.15) is 39.0 Å². The molecule has 1 aliphatic heterocycles. The maximum absolute atomic E-state index is 11.0. The van der Waals surface area contributed by atoms with Crippen LogP contribution in [0.2, 0.25) is 0 Å². The highest BCUT2D eigenvalue weighted by Crippen LogP contribution is 2.37. The molecule has 0 aliphatic carbocycles. The fraction of sp³-hybridized carbons (Fsp3) is 0.571. The number of carbonyl (C=O) groups excluding carboxylic acids is 1. The number of ether oxygens (including phenoxy) is 1. The van der Waals surface area contributed by atoms with E-state index in [9.17, 15) is 4.79 Å². The van der Waals surface area contributed by atoms with E-state index in [1.807, 2.05) is 41.5 Å². The topological polar surface area (TPSA) is 83.7 Å². The lowest BCUT2D eigenvalue weighted by Gasteiger charge is -2.32. The Bertz CT molecular complexity index is 571. The number of aryl methyl sites for hydroxylation is 1. The standard InChI is InChI=1S/C14H21BN2O4/c1-8-10(19-12(16)18)7-17-9(2)11(8)15-20-13(3,4)14(5,6)21-15/h7H,1-6H3,(H2,16,18). The van der Waals surface area contributed by atoms with Gasteiger partial charge in [-0.3, -0.25) is 4.98 Å². The Labute approximate surface area is 125 Å². The molecular weight excluding hydrogens is 271 g/mol. The first kappa shape index (κ1) is 15.8. The molecule has 21 heavy (non-hydrogen) atoms. The van der Waals surface area contributed by atoms with Gasteiger partial charge in [0.25, 0.3) is 0 Å². The Morgan fingerprint density at radius 1 is 1.24 bits per heavy atom. The third kappa shape index (κ3) is 2.75. The average Bonchev–Trinajstić information content (AvgIpc) is 2.51. The Morgan fingerprint density at radius 2 is 1.76 bits per heavy atom. The summed E-state index contributed by atoms with van der Waals surface area (Å²) in [4.78, 5) is 15.2. The van der Waals surface area contributed by atoms with Gasteiger partial charge in [-0.2, -0.15) is 0 Å². The Hall–Kier alpha value is -1.60. The normalized spacial score (nSPS) is 19.6. The van der Waals surface area contributed by atoms with Crippen molar-refractivity contribution in [3.8, 4) is 5.75 Å². The van der Waals surface area contributed by atoms with E-state index in [1.54, 1.807) is 0 Å². The molecule has 1 saturated heterocycles. The van der Waals surface area contributed by atoms with Gasteiger partial charge < -0.3 is 19.8 Å². The van der Waals surface area contributed by atoms with Crippen molar-refractivity contribution in [2.45, 2.75) is 52.7 Å². The highest BCUT2D eigenvalue weighted by molar-refractivity contribution is 6.63. The molecule has 6 nitrogen and oxygen atoms in total. The molecule has 0 unspecified atom stereocenters. The fourth-order valence-corrected chi connectivity index (χ4v) is 2.25. The second-order valence-electron chi connectivity index (χ2n) is 6.26. The molecule has 0 saturated carbocycles. The van der Waals surface area contributed by atoms with E-state index in [1.165, 1.54) is 6.20 Å². The predicted octanol–water partition coefficient (Wildman–Crippen LogP) is 1.46. The molecule has 2 N–H and O–H groups in total. The number of pyridine rings is 1. The summed E-state index contributed by atoms with van der Waals surface area (Å²) < 4.78 is 17.0. The zero-order valence-corrected chi connectivity index (χ0v) is 13.3. The van der Waals surface area contributed by atoms with Gasteiger partial charge in [0, 0.05) is 11.2 Å². The van der Waals surface area contributed by atoms with Gasteiger partial charge in [-0.15, -0.1) is 0 Å². The molecule has 0 radical (unpaired) electrons. The minimum Gasteiger partial charge on any atom is -0.409 e. The molecule has 0 bridgehead atoms. The lowest BCUT2D eigenvalue weighted by molar-refractivity contribution is 0.00578. The largest absolute Gasteiger partial charge is 0.497 e. The number of hydrogen-bond donors (Lipinski definition) is 1. The minimum atomic E-state index is -0.872. The maximum atomic E-state index is 11.0. The fourth-order valence-electron chi connectivity index (χ4n) is 2.25. The first-order valence-corrected chi connectivity index (χ1v) is 6.84. The van der Waals surface area contributed by atoms with Gasteiger partial charge in [0.2, 0.25) is 0 Å². The first-order chi connectivity index (χ1) is 9.55. The highest BCUT2D eigenvalue weighted by atomic mass is 16.7. The number of hydrogen-bond acceptors (Lipinski definition) is 5. The van der Waals surface area contributed by atoms with Crippen LogP contribution >= 0.6 is 0 Å². The van der Waals surface area contributed by atoms with Gasteiger partial charge in [-0.25, -0.2) is 4.79 Å². The molecule has 1 amide bonds. The monoisotopic (exact) mass is 292 g/mol. The van der Waals surface area contributed by atoms with Crippen molar-refractivity contribution in [1.29, 1.82) is 0 Å². The van der Waals surface area contributed by atoms with Gasteiger partial charge in [0.05, 0.1) is 17.4 Å². The van der Waals surface area contributed by atoms with Crippen LogP contribution < -0.4 is 15.9 Å². The number of amides is 1. The number of carbonyl (C=O) groups is 1. The SMILES string of the molecule is Cc1ncc(OC(N)=O)c(C)c1B1OC(C)(C)C(C)(C)O1. The summed E-state index contributed by atoms with van der Waals surface area (Å²) in [6.07, 6.45) is 0.605. The van der Waals surface area contributed by atoms with Crippen molar-refractivity contribution in [2.24, 2.45) is 5.73 Å². The van der Waals surface area contributed by atoms with Crippen LogP contribution in [0.3, 0.4) is 0 Å². The predicted molar refractivity (Wildman–Crippen MR) is 79.6 cm³/mol. The molecule has 2 rings (SSSR count). The summed E-state index contributed by atoms with van der Waals surface area (Å²) in [6, 6.07) is 0. The second kappa shape index (κ2) is 5.00. The van der Waals surface area contributed by atoms with E-state index < -0.39 is 24.4 Å². The van der Waals surface area contributed by atoms with Crippen LogP contribution in [0.15, 0.2) is 6.20 Å². The van der Waals surface area contributed by atoms with E-state index in [0.717, 1.165) is 16.7 Å². The third-order valence-corrected chi connectivity index (χ3v) is 4.24. The first-order valence-electron chi connectivity index (χ1n) is 6.84. The Balaban J connectivity index is 2.43. The molecule has 1 aromatic rings. The Morgan fingerprint density at radius 3 is 2.24 bits per heavy atom. The molecule has 1 aromatic heterocycles. The van der Waals surface area contributed by atoms with E-state index in [2.05, 4.69) is 4.98 Å². The summed E-state index contributed by atoms with van der Waals surface area (Å²) >= 11 is 0. The summed E-state index contributed by atoms with van der Waals surface area (Å²) in [7, 11) is -0.557. The zero-order valence-electron chi connectivity index (χ0n) is 13.3. The van der Waals surface area contributed by atoms with Crippen LogP contribution in [0.5, 0.6) is 5.75 Å². The molecule has 2 heterocycles. The molecule has 1 fully saturated rings.